The molecule has 0 bridgehead atoms. The quantitative estimate of drug-likeness (QED) is 0.800. The molecule has 134 valence electrons. The number of benzene rings is 2. The summed E-state index contributed by atoms with van der Waals surface area (Å²) in [5.74, 6) is 0.161. The first-order valence-electron chi connectivity index (χ1n) is 7.76. The van der Waals surface area contributed by atoms with Gasteiger partial charge in [0.15, 0.2) is 9.84 Å². The van der Waals surface area contributed by atoms with Crippen LogP contribution in [0.5, 0.6) is 5.75 Å². The average molecular weight is 383 g/mol. The van der Waals surface area contributed by atoms with Crippen LogP contribution in [-0.2, 0) is 9.84 Å². The zero-order chi connectivity index (χ0) is 18.2. The molecule has 2 N–H and O–H groups in total. The standard InChI is InChI=1S/C18H19ClO5S/c1-24-14-6-2-12(3-7-14)16-17(18(16,10-20)11-21)25(22,23)15-8-4-13(19)5-9-15/h2-9,16-17,20-21H,10-11H2,1H3/t16-,17-/m0/s1. The maximum atomic E-state index is 13.1. The van der Waals surface area contributed by atoms with Gasteiger partial charge in [-0.2, -0.15) is 0 Å². The highest BCUT2D eigenvalue weighted by atomic mass is 35.5. The molecule has 5 nitrogen and oxygen atoms in total. The van der Waals surface area contributed by atoms with Crippen molar-refractivity contribution in [1.82, 2.24) is 0 Å². The molecule has 0 unspecified atom stereocenters. The van der Waals surface area contributed by atoms with Crippen LogP contribution in [0.15, 0.2) is 53.4 Å². The number of aliphatic hydroxyl groups excluding tert-OH is 2. The van der Waals surface area contributed by atoms with Crippen LogP contribution in [0.2, 0.25) is 5.02 Å². The summed E-state index contributed by atoms with van der Waals surface area (Å²) in [6.45, 7) is -0.838. The molecule has 1 fully saturated rings. The second-order valence-electron chi connectivity index (χ2n) is 6.22. The molecule has 2 aromatic rings. The summed E-state index contributed by atoms with van der Waals surface area (Å²) < 4.78 is 31.2. The molecule has 3 rings (SSSR count). The van der Waals surface area contributed by atoms with Gasteiger partial charge in [-0.1, -0.05) is 23.7 Å². The minimum Gasteiger partial charge on any atom is -0.497 e. The van der Waals surface area contributed by atoms with Crippen molar-refractivity contribution in [3.63, 3.8) is 0 Å². The van der Waals surface area contributed by atoms with Crippen molar-refractivity contribution in [2.75, 3.05) is 20.3 Å². The minimum atomic E-state index is -3.74. The van der Waals surface area contributed by atoms with Gasteiger partial charge in [-0.25, -0.2) is 8.42 Å². The van der Waals surface area contributed by atoms with Crippen LogP contribution in [0.4, 0.5) is 0 Å². The van der Waals surface area contributed by atoms with Crippen molar-refractivity contribution in [2.24, 2.45) is 5.41 Å². The Hall–Kier alpha value is -1.60. The molecule has 0 saturated heterocycles. The van der Waals surface area contributed by atoms with Crippen LogP contribution in [-0.4, -0.2) is 44.2 Å². The number of hydrogen-bond donors (Lipinski definition) is 2. The van der Waals surface area contributed by atoms with E-state index in [2.05, 4.69) is 0 Å². The zero-order valence-corrected chi connectivity index (χ0v) is 15.2. The van der Waals surface area contributed by atoms with Crippen LogP contribution in [0.1, 0.15) is 11.5 Å². The van der Waals surface area contributed by atoms with Gasteiger partial charge >= 0.3 is 0 Å². The van der Waals surface area contributed by atoms with Gasteiger partial charge in [-0.05, 0) is 42.0 Å². The molecule has 25 heavy (non-hydrogen) atoms. The Bertz CT molecular complexity index is 842. The lowest BCUT2D eigenvalue weighted by atomic mass is 10.0. The molecule has 1 aliphatic rings. The zero-order valence-electron chi connectivity index (χ0n) is 13.6. The van der Waals surface area contributed by atoms with Crippen molar-refractivity contribution in [2.45, 2.75) is 16.1 Å². The summed E-state index contributed by atoms with van der Waals surface area (Å²) in [6, 6.07) is 12.9. The van der Waals surface area contributed by atoms with Crippen molar-refractivity contribution < 1.29 is 23.4 Å². The molecular formula is C18H19ClO5S. The van der Waals surface area contributed by atoms with Crippen LogP contribution in [0.3, 0.4) is 0 Å². The van der Waals surface area contributed by atoms with E-state index in [0.717, 1.165) is 5.56 Å². The predicted octanol–water partition coefficient (Wildman–Crippen LogP) is 2.26. The topological polar surface area (TPSA) is 83.8 Å². The van der Waals surface area contributed by atoms with Crippen molar-refractivity contribution in [3.8, 4) is 5.75 Å². The largest absolute Gasteiger partial charge is 0.497 e. The number of hydrogen-bond acceptors (Lipinski definition) is 5. The molecule has 1 saturated carbocycles. The Morgan fingerprint density at radius 2 is 1.60 bits per heavy atom. The van der Waals surface area contributed by atoms with Gasteiger partial charge in [-0.3, -0.25) is 0 Å². The van der Waals surface area contributed by atoms with E-state index in [1.165, 1.54) is 24.3 Å². The first kappa shape index (κ1) is 18.2. The van der Waals surface area contributed by atoms with Gasteiger partial charge in [0.1, 0.15) is 5.75 Å². The van der Waals surface area contributed by atoms with E-state index in [1.54, 1.807) is 31.4 Å². The minimum absolute atomic E-state index is 0.129. The second kappa shape index (κ2) is 6.61. The fourth-order valence-corrected chi connectivity index (χ4v) is 6.01. The van der Waals surface area contributed by atoms with Gasteiger partial charge in [0.05, 0.1) is 30.5 Å². The fraction of sp³-hybridized carbons (Fsp3) is 0.333. The summed E-state index contributed by atoms with van der Waals surface area (Å²) in [5.41, 5.74) is -0.362. The molecular weight excluding hydrogens is 364 g/mol. The Morgan fingerprint density at radius 1 is 1.04 bits per heavy atom. The molecule has 0 radical (unpaired) electrons. The normalized spacial score (nSPS) is 21.8. The molecule has 0 spiro atoms. The van der Waals surface area contributed by atoms with Gasteiger partial charge in [-0.15, -0.1) is 0 Å². The SMILES string of the molecule is COc1ccc([C@H]2[C@H](S(=O)(=O)c3ccc(Cl)cc3)C2(CO)CO)cc1. The lowest BCUT2D eigenvalue weighted by Crippen LogP contribution is -2.23. The van der Waals surface area contributed by atoms with Crippen molar-refractivity contribution in [3.05, 3.63) is 59.1 Å². The van der Waals surface area contributed by atoms with E-state index in [9.17, 15) is 18.6 Å². The Kier molecular flexibility index (Phi) is 4.81. The summed E-state index contributed by atoms with van der Waals surface area (Å²) in [6.07, 6.45) is 0. The van der Waals surface area contributed by atoms with Crippen LogP contribution >= 0.6 is 11.6 Å². The van der Waals surface area contributed by atoms with Crippen molar-refractivity contribution in [1.29, 1.82) is 0 Å². The van der Waals surface area contributed by atoms with E-state index in [-0.39, 0.29) is 4.90 Å². The molecule has 0 heterocycles. The third kappa shape index (κ3) is 2.93. The van der Waals surface area contributed by atoms with E-state index >= 15 is 0 Å². The Morgan fingerprint density at radius 3 is 2.08 bits per heavy atom. The Labute approximate surface area is 151 Å². The number of rotatable bonds is 6. The average Bonchev–Trinajstić information content (AvgIpc) is 3.33. The highest BCUT2D eigenvalue weighted by molar-refractivity contribution is 7.92. The van der Waals surface area contributed by atoms with Crippen molar-refractivity contribution >= 4 is 21.4 Å². The first-order valence-corrected chi connectivity index (χ1v) is 9.68. The van der Waals surface area contributed by atoms with E-state index in [4.69, 9.17) is 16.3 Å². The lowest BCUT2D eigenvalue weighted by Gasteiger charge is -2.11. The number of ether oxygens (including phenoxy) is 1. The highest BCUT2D eigenvalue weighted by Gasteiger charge is 2.70. The first-order chi connectivity index (χ1) is 11.9. The van der Waals surface area contributed by atoms with Crippen LogP contribution in [0, 0.1) is 5.41 Å². The van der Waals surface area contributed by atoms with Crippen LogP contribution < -0.4 is 4.74 Å². The third-order valence-corrected chi connectivity index (χ3v) is 7.51. The van der Waals surface area contributed by atoms with Gasteiger partial charge in [0, 0.05) is 16.4 Å². The lowest BCUT2D eigenvalue weighted by molar-refractivity contribution is 0.130. The van der Waals surface area contributed by atoms with Gasteiger partial charge in [0.2, 0.25) is 0 Å². The molecule has 1 aliphatic carbocycles. The summed E-state index contributed by atoms with van der Waals surface area (Å²) >= 11 is 5.83. The van der Waals surface area contributed by atoms with Gasteiger partial charge < -0.3 is 14.9 Å². The highest BCUT2D eigenvalue weighted by Crippen LogP contribution is 2.63. The second-order valence-corrected chi connectivity index (χ2v) is 8.73. The van der Waals surface area contributed by atoms with Crippen LogP contribution in [0.25, 0.3) is 0 Å². The maximum Gasteiger partial charge on any atom is 0.182 e. The molecule has 0 amide bonds. The molecule has 2 atom stereocenters. The molecule has 0 aliphatic heterocycles. The predicted molar refractivity (Wildman–Crippen MR) is 94.8 cm³/mol. The third-order valence-electron chi connectivity index (χ3n) is 4.92. The number of sulfone groups is 1. The maximum absolute atomic E-state index is 13.1. The van der Waals surface area contributed by atoms with E-state index < -0.39 is 39.6 Å². The summed E-state index contributed by atoms with van der Waals surface area (Å²) in [4.78, 5) is 0.129. The number of methoxy groups -OCH3 is 1. The molecule has 2 aromatic carbocycles. The number of halogens is 1. The molecule has 0 aromatic heterocycles. The van der Waals surface area contributed by atoms with E-state index in [0.29, 0.717) is 10.8 Å². The monoisotopic (exact) mass is 382 g/mol. The Balaban J connectivity index is 2.02. The molecule has 7 heteroatoms. The number of aliphatic hydroxyl groups is 2. The summed E-state index contributed by atoms with van der Waals surface area (Å²) in [5, 5.41) is 19.2. The summed E-state index contributed by atoms with van der Waals surface area (Å²) in [7, 11) is -2.19. The van der Waals surface area contributed by atoms with E-state index in [1.807, 2.05) is 0 Å². The van der Waals surface area contributed by atoms with Gasteiger partial charge in [0.25, 0.3) is 0 Å². The fourth-order valence-electron chi connectivity index (χ4n) is 3.46. The smallest absolute Gasteiger partial charge is 0.182 e.